The third-order valence-electron chi connectivity index (χ3n) is 7.49. The second-order valence-electron chi connectivity index (χ2n) is 12.1. The summed E-state index contributed by atoms with van der Waals surface area (Å²) in [4.78, 5) is 30.1. The second kappa shape index (κ2) is 14.3. The number of nitrogens with one attached hydrogen (secondary N) is 1. The molecule has 0 aliphatic carbocycles. The molecule has 9 heteroatoms. The molecule has 0 saturated heterocycles. The van der Waals surface area contributed by atoms with Crippen molar-refractivity contribution in [1.82, 2.24) is 10.2 Å². The highest BCUT2D eigenvalue weighted by atomic mass is 35.5. The van der Waals surface area contributed by atoms with Crippen LogP contribution in [-0.4, -0.2) is 43.3 Å². The first kappa shape index (κ1) is 33.7. The molecule has 4 rings (SSSR count). The van der Waals surface area contributed by atoms with Crippen LogP contribution in [0.2, 0.25) is 5.02 Å². The summed E-state index contributed by atoms with van der Waals surface area (Å²) in [6.07, 6.45) is 0.233. The Morgan fingerprint density at radius 1 is 0.800 bits per heavy atom. The normalized spacial score (nSPS) is 12.3. The van der Waals surface area contributed by atoms with Gasteiger partial charge in [-0.3, -0.25) is 13.9 Å². The molecule has 236 valence electrons. The molecule has 1 N–H and O–H groups in total. The van der Waals surface area contributed by atoms with Crippen molar-refractivity contribution in [3.05, 3.63) is 130 Å². The Labute approximate surface area is 271 Å². The van der Waals surface area contributed by atoms with Crippen molar-refractivity contribution >= 4 is 39.1 Å². The zero-order chi connectivity index (χ0) is 32.8. The smallest absolute Gasteiger partial charge is 0.264 e. The average molecular weight is 646 g/mol. The number of amides is 2. The minimum Gasteiger partial charge on any atom is -0.350 e. The van der Waals surface area contributed by atoms with Crippen molar-refractivity contribution < 1.29 is 18.0 Å². The third kappa shape index (κ3) is 8.74. The molecule has 45 heavy (non-hydrogen) atoms. The fraction of sp³-hybridized carbons (Fsp3) is 0.278. The molecule has 0 aliphatic heterocycles. The lowest BCUT2D eigenvalue weighted by Gasteiger charge is -2.35. The van der Waals surface area contributed by atoms with Crippen LogP contribution in [0.15, 0.2) is 108 Å². The number of carbonyl (C=O) groups is 2. The van der Waals surface area contributed by atoms with E-state index in [-0.39, 0.29) is 23.8 Å². The van der Waals surface area contributed by atoms with Gasteiger partial charge in [-0.1, -0.05) is 84.4 Å². The SMILES string of the molecule is Cc1cccc(N(CC(=O)N(Cc2ccc(Cl)cc2)C(Cc2ccccc2)C(=O)NC(C)(C)C)S(=O)(=O)c2ccccc2)c1C. The molecule has 7 nitrogen and oxygen atoms in total. The van der Waals surface area contributed by atoms with Gasteiger partial charge in [0.2, 0.25) is 11.8 Å². The van der Waals surface area contributed by atoms with Crippen molar-refractivity contribution in [1.29, 1.82) is 0 Å². The summed E-state index contributed by atoms with van der Waals surface area (Å²) in [5.74, 6) is -0.853. The standard InChI is InChI=1S/C36H40ClN3O4S/c1-26-13-12-18-32(27(26)2)40(45(43,44)31-16-10-7-11-17-31)25-34(41)39(24-29-19-21-30(37)22-20-29)33(35(42)38-36(3,4)5)23-28-14-8-6-9-15-28/h6-22,33H,23-25H2,1-5H3,(H,38,42). The van der Waals surface area contributed by atoms with Gasteiger partial charge in [0.15, 0.2) is 0 Å². The summed E-state index contributed by atoms with van der Waals surface area (Å²) in [6.45, 7) is 8.93. The monoisotopic (exact) mass is 645 g/mol. The van der Waals surface area contributed by atoms with Gasteiger partial charge < -0.3 is 10.2 Å². The Morgan fingerprint density at radius 2 is 1.40 bits per heavy atom. The fourth-order valence-corrected chi connectivity index (χ4v) is 6.65. The van der Waals surface area contributed by atoms with Crippen LogP contribution in [-0.2, 0) is 32.6 Å². The van der Waals surface area contributed by atoms with E-state index in [1.54, 1.807) is 54.6 Å². The summed E-state index contributed by atoms with van der Waals surface area (Å²) in [7, 11) is -4.17. The molecule has 0 radical (unpaired) electrons. The van der Waals surface area contributed by atoms with Gasteiger partial charge in [-0.25, -0.2) is 8.42 Å². The van der Waals surface area contributed by atoms with Crippen molar-refractivity contribution in [2.24, 2.45) is 0 Å². The Kier molecular flexibility index (Phi) is 10.7. The van der Waals surface area contributed by atoms with E-state index in [4.69, 9.17) is 11.6 Å². The van der Waals surface area contributed by atoms with Gasteiger partial charge >= 0.3 is 0 Å². The topological polar surface area (TPSA) is 86.8 Å². The highest BCUT2D eigenvalue weighted by Gasteiger charge is 2.36. The van der Waals surface area contributed by atoms with E-state index < -0.39 is 34.1 Å². The number of nitrogens with zero attached hydrogens (tertiary/aromatic N) is 2. The first-order chi connectivity index (χ1) is 21.3. The van der Waals surface area contributed by atoms with E-state index >= 15 is 0 Å². The summed E-state index contributed by atoms with van der Waals surface area (Å²) in [5.41, 5.74) is 3.07. The predicted octanol–water partition coefficient (Wildman–Crippen LogP) is 6.71. The molecule has 0 aromatic heterocycles. The summed E-state index contributed by atoms with van der Waals surface area (Å²) >= 11 is 6.16. The number of rotatable bonds is 11. The molecule has 1 atom stereocenters. The highest BCUT2D eigenvalue weighted by Crippen LogP contribution is 2.29. The number of hydrogen-bond acceptors (Lipinski definition) is 4. The van der Waals surface area contributed by atoms with Crippen LogP contribution in [0, 0.1) is 13.8 Å². The molecule has 4 aromatic carbocycles. The Balaban J connectivity index is 1.84. The lowest BCUT2D eigenvalue weighted by atomic mass is 10.0. The van der Waals surface area contributed by atoms with Crippen LogP contribution in [0.4, 0.5) is 5.69 Å². The molecule has 0 aliphatic rings. The van der Waals surface area contributed by atoms with E-state index in [0.717, 1.165) is 26.6 Å². The highest BCUT2D eigenvalue weighted by molar-refractivity contribution is 7.92. The van der Waals surface area contributed by atoms with Crippen LogP contribution >= 0.6 is 11.6 Å². The maximum absolute atomic E-state index is 14.6. The Bertz CT molecular complexity index is 1720. The number of benzene rings is 4. The number of hydrogen-bond donors (Lipinski definition) is 1. The van der Waals surface area contributed by atoms with Crippen LogP contribution in [0.25, 0.3) is 0 Å². The van der Waals surface area contributed by atoms with Crippen molar-refractivity contribution in [2.75, 3.05) is 10.8 Å². The van der Waals surface area contributed by atoms with Gasteiger partial charge in [0.25, 0.3) is 10.0 Å². The molecule has 0 fully saturated rings. The number of halogens is 1. The molecule has 0 spiro atoms. The minimum absolute atomic E-state index is 0.0641. The van der Waals surface area contributed by atoms with E-state index in [0.29, 0.717) is 10.7 Å². The minimum atomic E-state index is -4.17. The summed E-state index contributed by atoms with van der Waals surface area (Å²) in [6, 6.07) is 29.0. The predicted molar refractivity (Wildman–Crippen MR) is 181 cm³/mol. The van der Waals surface area contributed by atoms with Gasteiger partial charge in [-0.2, -0.15) is 0 Å². The zero-order valence-electron chi connectivity index (χ0n) is 26.3. The number of anilines is 1. The molecule has 2 amide bonds. The van der Waals surface area contributed by atoms with Gasteiger partial charge in [0, 0.05) is 23.5 Å². The Morgan fingerprint density at radius 3 is 2.00 bits per heavy atom. The molecule has 0 saturated carbocycles. The van der Waals surface area contributed by atoms with Gasteiger partial charge in [0.1, 0.15) is 12.6 Å². The molecule has 0 bridgehead atoms. The lowest BCUT2D eigenvalue weighted by Crippen LogP contribution is -2.56. The third-order valence-corrected chi connectivity index (χ3v) is 9.52. The van der Waals surface area contributed by atoms with Crippen LogP contribution in [0.1, 0.15) is 43.0 Å². The first-order valence-corrected chi connectivity index (χ1v) is 16.6. The Hall–Kier alpha value is -4.14. The van der Waals surface area contributed by atoms with Crippen molar-refractivity contribution in [3.63, 3.8) is 0 Å². The van der Waals surface area contributed by atoms with Crippen molar-refractivity contribution in [2.45, 2.75) is 64.1 Å². The molecule has 0 heterocycles. The van der Waals surface area contributed by atoms with Gasteiger partial charge in [0.05, 0.1) is 10.6 Å². The van der Waals surface area contributed by atoms with Gasteiger partial charge in [-0.05, 0) is 87.2 Å². The quantitative estimate of drug-likeness (QED) is 0.197. The second-order valence-corrected chi connectivity index (χ2v) is 14.4. The largest absolute Gasteiger partial charge is 0.350 e. The number of sulfonamides is 1. The van der Waals surface area contributed by atoms with Crippen LogP contribution in [0.3, 0.4) is 0 Å². The van der Waals surface area contributed by atoms with E-state index in [1.807, 2.05) is 71.0 Å². The molecular formula is C36H40ClN3O4S. The van der Waals surface area contributed by atoms with Crippen LogP contribution < -0.4 is 9.62 Å². The van der Waals surface area contributed by atoms with E-state index in [1.165, 1.54) is 17.0 Å². The fourth-order valence-electron chi connectivity index (χ4n) is 5.03. The maximum atomic E-state index is 14.6. The van der Waals surface area contributed by atoms with Crippen LogP contribution in [0.5, 0.6) is 0 Å². The first-order valence-electron chi connectivity index (χ1n) is 14.8. The zero-order valence-corrected chi connectivity index (χ0v) is 27.9. The van der Waals surface area contributed by atoms with Crippen molar-refractivity contribution in [3.8, 4) is 0 Å². The molecule has 4 aromatic rings. The average Bonchev–Trinajstić information content (AvgIpc) is 3.00. The van der Waals surface area contributed by atoms with Gasteiger partial charge in [-0.15, -0.1) is 0 Å². The van der Waals surface area contributed by atoms with E-state index in [2.05, 4.69) is 5.32 Å². The summed E-state index contributed by atoms with van der Waals surface area (Å²) in [5, 5.41) is 3.58. The van der Waals surface area contributed by atoms with E-state index in [9.17, 15) is 18.0 Å². The molecule has 1 unspecified atom stereocenters. The lowest BCUT2D eigenvalue weighted by molar-refractivity contribution is -0.140. The number of carbonyl (C=O) groups excluding carboxylic acids is 2. The number of aryl methyl sites for hydroxylation is 1. The molecular weight excluding hydrogens is 606 g/mol. The summed E-state index contributed by atoms with van der Waals surface area (Å²) < 4.78 is 29.5. The maximum Gasteiger partial charge on any atom is 0.264 e.